The molecule has 0 radical (unpaired) electrons. The Balaban J connectivity index is 2.46. The van der Waals surface area contributed by atoms with Crippen LogP contribution in [0, 0.1) is 0 Å². The predicted octanol–water partition coefficient (Wildman–Crippen LogP) is 2.09. The summed E-state index contributed by atoms with van der Waals surface area (Å²) in [6.07, 6.45) is -0.230. The van der Waals surface area contributed by atoms with Crippen molar-refractivity contribution in [2.45, 2.75) is 20.1 Å². The predicted molar refractivity (Wildman–Crippen MR) is 50.4 cm³/mol. The molecule has 0 bridgehead atoms. The second kappa shape index (κ2) is 4.33. The molecule has 0 spiro atoms. The summed E-state index contributed by atoms with van der Waals surface area (Å²) in [4.78, 5) is 0. The summed E-state index contributed by atoms with van der Waals surface area (Å²) in [5.74, 6) is 0.709. The maximum Gasteiger partial charge on any atom is 0.197 e. The van der Waals surface area contributed by atoms with Crippen molar-refractivity contribution < 1.29 is 9.47 Å². The van der Waals surface area contributed by atoms with E-state index in [1.165, 1.54) is 11.3 Å². The van der Waals surface area contributed by atoms with E-state index in [1.807, 2.05) is 25.3 Å². The highest BCUT2D eigenvalue weighted by Gasteiger charge is 2.06. The van der Waals surface area contributed by atoms with E-state index >= 15 is 0 Å². The highest BCUT2D eigenvalue weighted by Crippen LogP contribution is 2.27. The van der Waals surface area contributed by atoms with Gasteiger partial charge in [0.2, 0.25) is 0 Å². The normalized spacial score (nSPS) is 12.8. The lowest BCUT2D eigenvalue weighted by molar-refractivity contribution is -0.0607. The lowest BCUT2D eigenvalue weighted by atomic mass is 10.5. The van der Waals surface area contributed by atoms with E-state index in [0.717, 1.165) is 0 Å². The minimum absolute atomic E-state index is 0.230. The summed E-state index contributed by atoms with van der Waals surface area (Å²) in [6.45, 7) is 4.42. The van der Waals surface area contributed by atoms with Gasteiger partial charge in [-0.15, -0.1) is 11.3 Å². The number of hydrogen-bond acceptors (Lipinski definition) is 4. The Bertz CT molecular complexity index is 237. The zero-order valence-corrected chi connectivity index (χ0v) is 8.06. The standard InChI is InChI=1S/C8H13NO2S/c1-3-10-6(2)11-7-4-5-12-8(7)9/h4-6H,3,9H2,1-2H3. The van der Waals surface area contributed by atoms with Crippen LogP contribution in [0.15, 0.2) is 11.4 Å². The molecule has 4 heteroatoms. The number of nitrogen functional groups attached to an aromatic ring is 1. The third-order valence-electron chi connectivity index (χ3n) is 1.35. The van der Waals surface area contributed by atoms with E-state index in [2.05, 4.69) is 0 Å². The van der Waals surface area contributed by atoms with E-state index in [4.69, 9.17) is 15.2 Å². The third kappa shape index (κ3) is 2.39. The van der Waals surface area contributed by atoms with Gasteiger partial charge in [0.1, 0.15) is 5.00 Å². The van der Waals surface area contributed by atoms with E-state index in [-0.39, 0.29) is 6.29 Å². The molecule has 1 unspecified atom stereocenters. The van der Waals surface area contributed by atoms with Crippen LogP contribution in [-0.4, -0.2) is 12.9 Å². The largest absolute Gasteiger partial charge is 0.462 e. The zero-order valence-electron chi connectivity index (χ0n) is 7.24. The number of anilines is 1. The molecule has 68 valence electrons. The molecule has 1 rings (SSSR count). The van der Waals surface area contributed by atoms with Crippen molar-refractivity contribution in [2.75, 3.05) is 12.3 Å². The van der Waals surface area contributed by atoms with E-state index in [0.29, 0.717) is 17.4 Å². The van der Waals surface area contributed by atoms with Crippen LogP contribution < -0.4 is 10.5 Å². The molecule has 0 saturated heterocycles. The number of ether oxygens (including phenoxy) is 2. The first-order valence-corrected chi connectivity index (χ1v) is 4.73. The van der Waals surface area contributed by atoms with Crippen molar-refractivity contribution in [3.05, 3.63) is 11.4 Å². The summed E-state index contributed by atoms with van der Waals surface area (Å²) in [5, 5.41) is 2.59. The van der Waals surface area contributed by atoms with Crippen molar-refractivity contribution in [1.82, 2.24) is 0 Å². The fraction of sp³-hybridized carbons (Fsp3) is 0.500. The molecule has 0 aliphatic carbocycles. The fourth-order valence-electron chi connectivity index (χ4n) is 0.854. The summed E-state index contributed by atoms with van der Waals surface area (Å²) in [6, 6.07) is 1.84. The molecule has 3 nitrogen and oxygen atoms in total. The van der Waals surface area contributed by atoms with Gasteiger partial charge in [0, 0.05) is 6.61 Å². The van der Waals surface area contributed by atoms with Crippen LogP contribution in [0.3, 0.4) is 0 Å². The summed E-state index contributed by atoms with van der Waals surface area (Å²) >= 11 is 1.46. The Labute approximate surface area is 76.1 Å². The van der Waals surface area contributed by atoms with Gasteiger partial charge in [0.25, 0.3) is 0 Å². The van der Waals surface area contributed by atoms with Gasteiger partial charge in [-0.1, -0.05) is 0 Å². The van der Waals surface area contributed by atoms with Crippen LogP contribution in [-0.2, 0) is 4.74 Å². The van der Waals surface area contributed by atoms with E-state index < -0.39 is 0 Å². The average molecular weight is 187 g/mol. The molecule has 1 heterocycles. The van der Waals surface area contributed by atoms with Crippen molar-refractivity contribution in [1.29, 1.82) is 0 Å². The van der Waals surface area contributed by atoms with Gasteiger partial charge in [-0.25, -0.2) is 0 Å². The van der Waals surface area contributed by atoms with Crippen molar-refractivity contribution in [3.8, 4) is 5.75 Å². The minimum atomic E-state index is -0.230. The minimum Gasteiger partial charge on any atom is -0.462 e. The highest BCUT2D eigenvalue weighted by molar-refractivity contribution is 7.14. The molecule has 0 fully saturated rings. The van der Waals surface area contributed by atoms with Crippen molar-refractivity contribution in [2.24, 2.45) is 0 Å². The Morgan fingerprint density at radius 1 is 1.67 bits per heavy atom. The third-order valence-corrected chi connectivity index (χ3v) is 2.08. The van der Waals surface area contributed by atoms with Crippen LogP contribution in [0.1, 0.15) is 13.8 Å². The molecule has 0 aliphatic heterocycles. The smallest absolute Gasteiger partial charge is 0.197 e. The molecule has 1 aromatic rings. The zero-order chi connectivity index (χ0) is 8.97. The van der Waals surface area contributed by atoms with Crippen LogP contribution in [0.25, 0.3) is 0 Å². The van der Waals surface area contributed by atoms with Gasteiger partial charge in [0.05, 0.1) is 0 Å². The van der Waals surface area contributed by atoms with Gasteiger partial charge in [-0.2, -0.15) is 0 Å². The second-order valence-corrected chi connectivity index (χ2v) is 3.24. The first kappa shape index (κ1) is 9.35. The number of thiophene rings is 1. The molecule has 2 N–H and O–H groups in total. The second-order valence-electron chi connectivity index (χ2n) is 2.29. The summed E-state index contributed by atoms with van der Waals surface area (Å²) in [7, 11) is 0. The van der Waals surface area contributed by atoms with Crippen LogP contribution in [0.4, 0.5) is 5.00 Å². The summed E-state index contributed by atoms with van der Waals surface area (Å²) < 4.78 is 10.6. The van der Waals surface area contributed by atoms with Crippen LogP contribution in [0.5, 0.6) is 5.75 Å². The van der Waals surface area contributed by atoms with Crippen molar-refractivity contribution >= 4 is 16.3 Å². The Hall–Kier alpha value is -0.740. The molecule has 1 atom stereocenters. The van der Waals surface area contributed by atoms with Gasteiger partial charge >= 0.3 is 0 Å². The highest BCUT2D eigenvalue weighted by atomic mass is 32.1. The van der Waals surface area contributed by atoms with Gasteiger partial charge in [-0.3, -0.25) is 0 Å². The molecule has 0 aromatic carbocycles. The monoisotopic (exact) mass is 187 g/mol. The quantitative estimate of drug-likeness (QED) is 0.734. The number of hydrogen-bond donors (Lipinski definition) is 1. The Kier molecular flexibility index (Phi) is 3.37. The maximum atomic E-state index is 5.62. The molecule has 0 saturated carbocycles. The average Bonchev–Trinajstić information content (AvgIpc) is 2.37. The lowest BCUT2D eigenvalue weighted by Crippen LogP contribution is -2.16. The molecule has 0 aliphatic rings. The molecule has 12 heavy (non-hydrogen) atoms. The molecule has 0 amide bonds. The lowest BCUT2D eigenvalue weighted by Gasteiger charge is -2.13. The summed E-state index contributed by atoms with van der Waals surface area (Å²) in [5.41, 5.74) is 5.62. The van der Waals surface area contributed by atoms with Gasteiger partial charge < -0.3 is 15.2 Å². The molecular weight excluding hydrogens is 174 g/mol. The SMILES string of the molecule is CCOC(C)Oc1ccsc1N. The number of nitrogens with two attached hydrogens (primary N) is 1. The van der Waals surface area contributed by atoms with Gasteiger partial charge in [-0.05, 0) is 25.3 Å². The van der Waals surface area contributed by atoms with Gasteiger partial charge in [0.15, 0.2) is 12.0 Å². The van der Waals surface area contributed by atoms with E-state index in [9.17, 15) is 0 Å². The first-order valence-electron chi connectivity index (χ1n) is 3.85. The Morgan fingerprint density at radius 2 is 2.42 bits per heavy atom. The molecular formula is C8H13NO2S. The van der Waals surface area contributed by atoms with Crippen LogP contribution >= 0.6 is 11.3 Å². The topological polar surface area (TPSA) is 44.5 Å². The van der Waals surface area contributed by atoms with Crippen molar-refractivity contribution in [3.63, 3.8) is 0 Å². The number of rotatable bonds is 4. The molecule has 1 aromatic heterocycles. The van der Waals surface area contributed by atoms with Crippen LogP contribution in [0.2, 0.25) is 0 Å². The van der Waals surface area contributed by atoms with E-state index in [1.54, 1.807) is 0 Å². The Morgan fingerprint density at radius 3 is 2.92 bits per heavy atom. The fourth-order valence-corrected chi connectivity index (χ4v) is 1.42. The maximum absolute atomic E-state index is 5.62. The first-order chi connectivity index (χ1) is 5.74.